The fourth-order valence-corrected chi connectivity index (χ4v) is 2.89. The first-order chi connectivity index (χ1) is 13.4. The van der Waals surface area contributed by atoms with Crippen molar-refractivity contribution in [1.82, 2.24) is 5.32 Å². The van der Waals surface area contributed by atoms with Crippen LogP contribution in [0, 0.1) is 13.8 Å². The smallest absolute Gasteiger partial charge is 0.335 e. The summed E-state index contributed by atoms with van der Waals surface area (Å²) in [5, 5.41) is 2.24. The summed E-state index contributed by atoms with van der Waals surface area (Å²) >= 11 is 0. The van der Waals surface area contributed by atoms with Gasteiger partial charge in [-0.15, -0.1) is 0 Å². The predicted octanol–water partition coefficient (Wildman–Crippen LogP) is 3.53. The number of barbiturate groups is 1. The molecule has 4 amide bonds. The number of nitrogens with one attached hydrogen (secondary N) is 1. The van der Waals surface area contributed by atoms with Crippen molar-refractivity contribution in [3.63, 3.8) is 0 Å². The molecule has 1 N–H and O–H groups in total. The van der Waals surface area contributed by atoms with Crippen molar-refractivity contribution in [2.75, 3.05) is 11.5 Å². The lowest BCUT2D eigenvalue weighted by atomic mass is 10.0. The number of hydrogen-bond acceptors (Lipinski definition) is 4. The van der Waals surface area contributed by atoms with Gasteiger partial charge in [0.25, 0.3) is 11.8 Å². The van der Waals surface area contributed by atoms with Crippen molar-refractivity contribution in [3.8, 4) is 5.75 Å². The number of carbonyl (C=O) groups is 3. The molecule has 0 aromatic heterocycles. The van der Waals surface area contributed by atoms with Gasteiger partial charge in [-0.3, -0.25) is 14.9 Å². The van der Waals surface area contributed by atoms with Crippen molar-refractivity contribution >= 4 is 29.6 Å². The van der Waals surface area contributed by atoms with E-state index >= 15 is 0 Å². The van der Waals surface area contributed by atoms with E-state index in [1.807, 2.05) is 19.9 Å². The topological polar surface area (TPSA) is 75.7 Å². The number of hydrogen-bond donors (Lipinski definition) is 1. The zero-order chi connectivity index (χ0) is 20.3. The van der Waals surface area contributed by atoms with E-state index in [4.69, 9.17) is 4.74 Å². The molecule has 1 aliphatic heterocycles. The van der Waals surface area contributed by atoms with Crippen LogP contribution >= 0.6 is 0 Å². The minimum absolute atomic E-state index is 0.143. The number of rotatable bonds is 5. The molecule has 1 heterocycles. The molecule has 28 heavy (non-hydrogen) atoms. The van der Waals surface area contributed by atoms with E-state index in [1.54, 1.807) is 42.5 Å². The van der Waals surface area contributed by atoms with E-state index in [2.05, 4.69) is 11.9 Å². The molecule has 142 valence electrons. The second-order valence-corrected chi connectivity index (χ2v) is 6.31. The Labute approximate surface area is 163 Å². The van der Waals surface area contributed by atoms with Gasteiger partial charge in [0.1, 0.15) is 17.9 Å². The Morgan fingerprint density at radius 2 is 1.82 bits per heavy atom. The van der Waals surface area contributed by atoms with E-state index in [-0.39, 0.29) is 12.2 Å². The normalized spacial score (nSPS) is 15.6. The summed E-state index contributed by atoms with van der Waals surface area (Å²) < 4.78 is 5.58. The van der Waals surface area contributed by atoms with Gasteiger partial charge in [-0.25, -0.2) is 9.69 Å². The predicted molar refractivity (Wildman–Crippen MR) is 107 cm³/mol. The fraction of sp³-hybridized carbons (Fsp3) is 0.136. The van der Waals surface area contributed by atoms with Crippen molar-refractivity contribution < 1.29 is 19.1 Å². The summed E-state index contributed by atoms with van der Waals surface area (Å²) in [5.74, 6) is -0.915. The second kappa shape index (κ2) is 7.92. The lowest BCUT2D eigenvalue weighted by Crippen LogP contribution is -2.54. The number of para-hydroxylation sites is 1. The molecule has 0 saturated carbocycles. The second-order valence-electron chi connectivity index (χ2n) is 6.31. The van der Waals surface area contributed by atoms with Crippen molar-refractivity contribution in [2.45, 2.75) is 13.8 Å². The number of benzene rings is 2. The Morgan fingerprint density at radius 1 is 1.07 bits per heavy atom. The van der Waals surface area contributed by atoms with Crippen LogP contribution in [0.3, 0.4) is 0 Å². The maximum absolute atomic E-state index is 13.1. The summed E-state index contributed by atoms with van der Waals surface area (Å²) in [6.07, 6.45) is 3.03. The summed E-state index contributed by atoms with van der Waals surface area (Å²) in [7, 11) is 0. The Bertz CT molecular complexity index is 1010. The van der Waals surface area contributed by atoms with Gasteiger partial charge < -0.3 is 4.74 Å². The van der Waals surface area contributed by atoms with Gasteiger partial charge in [0.2, 0.25) is 0 Å². The number of ether oxygens (including phenoxy) is 1. The van der Waals surface area contributed by atoms with E-state index in [1.165, 1.54) is 6.08 Å². The van der Waals surface area contributed by atoms with Gasteiger partial charge in [-0.2, -0.15) is 0 Å². The first-order valence-corrected chi connectivity index (χ1v) is 8.74. The van der Waals surface area contributed by atoms with Gasteiger partial charge in [0.05, 0.1) is 5.69 Å². The maximum atomic E-state index is 13.1. The number of amides is 4. The highest BCUT2D eigenvalue weighted by atomic mass is 16.5. The molecule has 3 rings (SSSR count). The van der Waals surface area contributed by atoms with Crippen LogP contribution in [0.15, 0.2) is 60.7 Å². The average Bonchev–Trinajstić information content (AvgIpc) is 2.67. The van der Waals surface area contributed by atoms with E-state index < -0.39 is 17.8 Å². The molecule has 6 nitrogen and oxygen atoms in total. The Hall–Kier alpha value is -3.67. The molecule has 0 atom stereocenters. The summed E-state index contributed by atoms with van der Waals surface area (Å²) in [4.78, 5) is 38.8. The van der Waals surface area contributed by atoms with Gasteiger partial charge in [0.15, 0.2) is 0 Å². The molecular weight excluding hydrogens is 356 g/mol. The molecule has 6 heteroatoms. The highest BCUT2D eigenvalue weighted by Crippen LogP contribution is 2.28. The van der Waals surface area contributed by atoms with Crippen LogP contribution in [0.25, 0.3) is 6.08 Å². The Morgan fingerprint density at radius 3 is 2.57 bits per heavy atom. The lowest BCUT2D eigenvalue weighted by molar-refractivity contribution is -0.122. The molecule has 0 radical (unpaired) electrons. The Balaban J connectivity index is 2.05. The largest absolute Gasteiger partial charge is 0.489 e. The molecule has 1 fully saturated rings. The van der Waals surface area contributed by atoms with Crippen LogP contribution in [0.1, 0.15) is 16.7 Å². The minimum Gasteiger partial charge on any atom is -0.489 e. The van der Waals surface area contributed by atoms with E-state index in [0.29, 0.717) is 17.0 Å². The summed E-state index contributed by atoms with van der Waals surface area (Å²) in [6.45, 7) is 7.61. The molecule has 1 aliphatic rings. The van der Waals surface area contributed by atoms with Crippen LogP contribution in [-0.2, 0) is 9.59 Å². The first-order valence-electron chi connectivity index (χ1n) is 8.74. The van der Waals surface area contributed by atoms with Crippen molar-refractivity contribution in [2.24, 2.45) is 0 Å². The number of urea groups is 1. The van der Waals surface area contributed by atoms with Gasteiger partial charge in [0, 0.05) is 5.56 Å². The lowest BCUT2D eigenvalue weighted by Gasteiger charge is -2.28. The monoisotopic (exact) mass is 376 g/mol. The molecular formula is C22H20N2O4. The highest BCUT2D eigenvalue weighted by molar-refractivity contribution is 6.39. The van der Waals surface area contributed by atoms with Gasteiger partial charge in [-0.05, 0) is 43.2 Å². The molecule has 0 bridgehead atoms. The van der Waals surface area contributed by atoms with Gasteiger partial charge >= 0.3 is 6.03 Å². The van der Waals surface area contributed by atoms with Crippen molar-refractivity contribution in [3.05, 3.63) is 77.4 Å². The number of imide groups is 2. The van der Waals surface area contributed by atoms with Crippen LogP contribution < -0.4 is 15.0 Å². The first kappa shape index (κ1) is 19.1. The third-order valence-corrected chi connectivity index (χ3v) is 4.49. The van der Waals surface area contributed by atoms with Crippen LogP contribution in [0.2, 0.25) is 0 Å². The maximum Gasteiger partial charge on any atom is 0.335 e. The standard InChI is InChI=1S/C22H20N2O4/c1-4-12-28-19-11-6-5-9-16(19)13-17-20(25)23-22(27)24(21(17)26)18-10-7-8-14(2)15(18)3/h4-11,13H,1,12H2,2-3H3,(H,23,25,27)/b17-13+. The van der Waals surface area contributed by atoms with Crippen LogP contribution in [0.5, 0.6) is 5.75 Å². The van der Waals surface area contributed by atoms with Crippen LogP contribution in [0.4, 0.5) is 10.5 Å². The number of aryl methyl sites for hydroxylation is 1. The quantitative estimate of drug-likeness (QED) is 0.492. The van der Waals surface area contributed by atoms with Crippen molar-refractivity contribution in [1.29, 1.82) is 0 Å². The van der Waals surface area contributed by atoms with E-state index in [9.17, 15) is 14.4 Å². The zero-order valence-corrected chi connectivity index (χ0v) is 15.7. The molecule has 2 aromatic rings. The number of carbonyl (C=O) groups excluding carboxylic acids is 3. The highest BCUT2D eigenvalue weighted by Gasteiger charge is 2.37. The number of anilines is 1. The molecule has 2 aromatic carbocycles. The fourth-order valence-electron chi connectivity index (χ4n) is 2.89. The van der Waals surface area contributed by atoms with Crippen LogP contribution in [-0.4, -0.2) is 24.5 Å². The van der Waals surface area contributed by atoms with Gasteiger partial charge in [-0.1, -0.05) is 43.0 Å². The molecule has 1 saturated heterocycles. The summed E-state index contributed by atoms with van der Waals surface area (Å²) in [5.41, 5.74) is 2.57. The minimum atomic E-state index is -0.767. The number of nitrogens with zero attached hydrogens (tertiary/aromatic N) is 1. The summed E-state index contributed by atoms with van der Waals surface area (Å²) in [6, 6.07) is 11.6. The zero-order valence-electron chi connectivity index (χ0n) is 15.7. The van der Waals surface area contributed by atoms with E-state index in [0.717, 1.165) is 16.0 Å². The molecule has 0 spiro atoms. The SMILES string of the molecule is C=CCOc1ccccc1/C=C1\C(=O)NC(=O)N(c2cccc(C)c2C)C1=O. The third kappa shape index (κ3) is 3.57. The molecule has 0 aliphatic carbocycles. The third-order valence-electron chi connectivity index (χ3n) is 4.49. The Kier molecular flexibility index (Phi) is 5.40. The average molecular weight is 376 g/mol. The molecule has 0 unspecified atom stereocenters.